The Labute approximate surface area is 210 Å². The third kappa shape index (κ3) is 5.36. The van der Waals surface area contributed by atoms with Gasteiger partial charge in [0.1, 0.15) is 10.9 Å². The van der Waals surface area contributed by atoms with Crippen molar-refractivity contribution in [1.82, 2.24) is 14.5 Å². The van der Waals surface area contributed by atoms with Gasteiger partial charge in [0.25, 0.3) is 15.9 Å². The number of nitrogens with one attached hydrogen (secondary N) is 1. The first-order valence-corrected chi connectivity index (χ1v) is 13.5. The summed E-state index contributed by atoms with van der Waals surface area (Å²) in [4.78, 5) is 40.4. The summed E-state index contributed by atoms with van der Waals surface area (Å²) in [7, 11) is -4.01. The summed E-state index contributed by atoms with van der Waals surface area (Å²) in [6, 6.07) is 12.3. The largest absolute Gasteiger partial charge is 0.352 e. The van der Waals surface area contributed by atoms with Crippen LogP contribution < -0.4 is 5.32 Å². The number of sulfonamides is 1. The minimum Gasteiger partial charge on any atom is -0.352 e. The molecule has 1 aliphatic heterocycles. The molecule has 1 N–H and O–H groups in total. The van der Waals surface area contributed by atoms with Crippen molar-refractivity contribution in [3.63, 3.8) is 0 Å². The number of benzene rings is 2. The zero-order chi connectivity index (χ0) is 25.2. The molecule has 0 radical (unpaired) electrons. The zero-order valence-electron chi connectivity index (χ0n) is 19.4. The summed E-state index contributed by atoms with van der Waals surface area (Å²) in [5, 5.41) is 3.58. The average molecular weight is 518 g/mol. The highest BCUT2D eigenvalue weighted by molar-refractivity contribution is 7.90. The first kappa shape index (κ1) is 25.2. The molecule has 10 heteroatoms. The molecule has 186 valence electrons. The van der Waals surface area contributed by atoms with E-state index < -0.39 is 27.9 Å². The third-order valence-corrected chi connectivity index (χ3v) is 8.67. The molecule has 2 aliphatic rings. The Morgan fingerprint density at radius 2 is 1.77 bits per heavy atom. The van der Waals surface area contributed by atoms with Crippen molar-refractivity contribution in [1.29, 1.82) is 0 Å². The maximum absolute atomic E-state index is 13.3. The molecular formula is C25H28ClN3O5S. The molecule has 3 amide bonds. The Balaban J connectivity index is 1.50. The summed E-state index contributed by atoms with van der Waals surface area (Å²) >= 11 is 5.98. The van der Waals surface area contributed by atoms with E-state index in [4.69, 9.17) is 11.6 Å². The van der Waals surface area contributed by atoms with Crippen molar-refractivity contribution in [3.8, 4) is 0 Å². The lowest BCUT2D eigenvalue weighted by Gasteiger charge is -2.30. The van der Waals surface area contributed by atoms with Gasteiger partial charge in [0.05, 0.1) is 5.56 Å². The van der Waals surface area contributed by atoms with Crippen LogP contribution in [-0.2, 0) is 26.2 Å². The fraction of sp³-hybridized carbons (Fsp3) is 0.400. The smallest absolute Gasteiger partial charge is 0.269 e. The summed E-state index contributed by atoms with van der Waals surface area (Å²) in [6.07, 6.45) is 3.71. The highest BCUT2D eigenvalue weighted by Crippen LogP contribution is 2.30. The van der Waals surface area contributed by atoms with Gasteiger partial charge in [0.15, 0.2) is 0 Å². The fourth-order valence-electron chi connectivity index (χ4n) is 4.55. The number of fused-ring (bicyclic) bond motifs is 1. The number of nitrogens with zero attached hydrogens (tertiary/aromatic N) is 2. The second-order valence-corrected chi connectivity index (χ2v) is 11.2. The third-order valence-electron chi connectivity index (χ3n) is 6.58. The highest BCUT2D eigenvalue weighted by atomic mass is 35.5. The van der Waals surface area contributed by atoms with Crippen LogP contribution in [0.15, 0.2) is 53.4 Å². The molecule has 1 unspecified atom stereocenters. The van der Waals surface area contributed by atoms with E-state index in [2.05, 4.69) is 5.32 Å². The molecule has 2 aromatic carbocycles. The van der Waals surface area contributed by atoms with Crippen LogP contribution in [0.3, 0.4) is 0 Å². The number of carbonyl (C=O) groups is 3. The molecule has 1 saturated carbocycles. The van der Waals surface area contributed by atoms with Crippen LogP contribution in [0, 0.1) is 0 Å². The van der Waals surface area contributed by atoms with Gasteiger partial charge in [0, 0.05) is 30.6 Å². The normalized spacial score (nSPS) is 17.8. The van der Waals surface area contributed by atoms with E-state index in [1.807, 2.05) is 0 Å². The molecule has 1 aliphatic carbocycles. The first-order chi connectivity index (χ1) is 16.7. The van der Waals surface area contributed by atoms with Crippen LogP contribution in [0.4, 0.5) is 0 Å². The van der Waals surface area contributed by atoms with Gasteiger partial charge < -0.3 is 10.2 Å². The lowest BCUT2D eigenvalue weighted by Crippen LogP contribution is -2.50. The van der Waals surface area contributed by atoms with Gasteiger partial charge in [-0.1, -0.05) is 48.7 Å². The van der Waals surface area contributed by atoms with Crippen molar-refractivity contribution >= 4 is 39.3 Å². The first-order valence-electron chi connectivity index (χ1n) is 11.7. The van der Waals surface area contributed by atoms with E-state index in [-0.39, 0.29) is 41.9 Å². The molecule has 1 atom stereocenters. The molecule has 0 bridgehead atoms. The molecule has 1 fully saturated rings. The van der Waals surface area contributed by atoms with Gasteiger partial charge in [-0.15, -0.1) is 0 Å². The van der Waals surface area contributed by atoms with Crippen molar-refractivity contribution in [2.24, 2.45) is 0 Å². The zero-order valence-corrected chi connectivity index (χ0v) is 21.0. The van der Waals surface area contributed by atoms with Crippen molar-refractivity contribution < 1.29 is 22.8 Å². The lowest BCUT2D eigenvalue weighted by molar-refractivity contribution is -0.140. The average Bonchev–Trinajstić information content (AvgIpc) is 3.42. The van der Waals surface area contributed by atoms with E-state index in [0.29, 0.717) is 5.02 Å². The van der Waals surface area contributed by atoms with Crippen LogP contribution in [0.2, 0.25) is 5.02 Å². The number of amides is 3. The summed E-state index contributed by atoms with van der Waals surface area (Å²) in [6.45, 7) is 1.50. The van der Waals surface area contributed by atoms with Crippen LogP contribution in [0.1, 0.15) is 54.9 Å². The monoisotopic (exact) mass is 517 g/mol. The van der Waals surface area contributed by atoms with E-state index in [0.717, 1.165) is 35.6 Å². The molecule has 35 heavy (non-hydrogen) atoms. The summed E-state index contributed by atoms with van der Waals surface area (Å²) in [5.74, 6) is -1.32. The van der Waals surface area contributed by atoms with Gasteiger partial charge in [-0.05, 0) is 49.6 Å². The molecule has 8 nitrogen and oxygen atoms in total. The lowest BCUT2D eigenvalue weighted by atomic mass is 10.1. The molecule has 4 rings (SSSR count). The topological polar surface area (TPSA) is 104 Å². The fourth-order valence-corrected chi connectivity index (χ4v) is 6.25. The number of hydrogen-bond acceptors (Lipinski definition) is 5. The SMILES string of the molecule is CC(C(=O)NC1CCCC1)N(Cc1ccc(Cl)cc1)C(=O)CCN1C(=O)c2ccccc2S1(=O)=O. The predicted octanol–water partition coefficient (Wildman–Crippen LogP) is 3.35. The van der Waals surface area contributed by atoms with Gasteiger partial charge in [0.2, 0.25) is 11.8 Å². The quantitative estimate of drug-likeness (QED) is 0.578. The number of rotatable bonds is 8. The Hall–Kier alpha value is -2.91. The Morgan fingerprint density at radius 3 is 2.43 bits per heavy atom. The number of carbonyl (C=O) groups excluding carboxylic acids is 3. The van der Waals surface area contributed by atoms with Gasteiger partial charge in [-0.3, -0.25) is 14.4 Å². The summed E-state index contributed by atoms with van der Waals surface area (Å²) in [5.41, 5.74) is 0.878. The Kier molecular flexibility index (Phi) is 7.47. The molecule has 0 aromatic heterocycles. The van der Waals surface area contributed by atoms with Crippen LogP contribution in [0.5, 0.6) is 0 Å². The van der Waals surface area contributed by atoms with Gasteiger partial charge in [-0.25, -0.2) is 12.7 Å². The predicted molar refractivity (Wildman–Crippen MR) is 131 cm³/mol. The summed E-state index contributed by atoms with van der Waals surface area (Å²) < 4.78 is 26.4. The molecule has 0 saturated heterocycles. The highest BCUT2D eigenvalue weighted by Gasteiger charge is 2.41. The van der Waals surface area contributed by atoms with Crippen molar-refractivity contribution in [2.75, 3.05) is 6.54 Å². The minimum absolute atomic E-state index is 0.0558. The second-order valence-electron chi connectivity index (χ2n) is 8.94. The molecular weight excluding hydrogens is 490 g/mol. The molecule has 2 aromatic rings. The van der Waals surface area contributed by atoms with E-state index >= 15 is 0 Å². The van der Waals surface area contributed by atoms with E-state index in [1.54, 1.807) is 43.3 Å². The Bertz CT molecular complexity index is 1230. The molecule has 1 heterocycles. The minimum atomic E-state index is -4.01. The second kappa shape index (κ2) is 10.4. The Morgan fingerprint density at radius 1 is 1.11 bits per heavy atom. The van der Waals surface area contributed by atoms with Crippen LogP contribution in [0.25, 0.3) is 0 Å². The van der Waals surface area contributed by atoms with Gasteiger partial charge >= 0.3 is 0 Å². The van der Waals surface area contributed by atoms with Crippen LogP contribution in [-0.4, -0.2) is 54.0 Å². The van der Waals surface area contributed by atoms with Crippen molar-refractivity contribution in [2.45, 2.75) is 62.6 Å². The number of hydrogen-bond donors (Lipinski definition) is 1. The standard InChI is InChI=1S/C25H28ClN3O5S/c1-17(24(31)27-20-6-2-3-7-20)28(16-18-10-12-19(26)13-11-18)23(30)14-15-29-25(32)21-8-4-5-9-22(21)35(29,33)34/h4-5,8-13,17,20H,2-3,6-7,14-16H2,1H3,(H,27,31). The van der Waals surface area contributed by atoms with Crippen molar-refractivity contribution in [3.05, 3.63) is 64.7 Å². The van der Waals surface area contributed by atoms with Crippen LogP contribution >= 0.6 is 11.6 Å². The van der Waals surface area contributed by atoms with E-state index in [1.165, 1.54) is 17.0 Å². The molecule has 0 spiro atoms. The van der Waals surface area contributed by atoms with Gasteiger partial charge in [-0.2, -0.15) is 0 Å². The maximum Gasteiger partial charge on any atom is 0.269 e. The van der Waals surface area contributed by atoms with E-state index in [9.17, 15) is 22.8 Å². The number of halogens is 1. The maximum atomic E-state index is 13.3.